The number of nitrogens with zero attached hydrogens (tertiary/aromatic N) is 2. The highest BCUT2D eigenvalue weighted by molar-refractivity contribution is 7.89. The molecule has 0 amide bonds. The molecule has 6 nitrogen and oxygen atoms in total. The fourth-order valence-electron chi connectivity index (χ4n) is 5.19. The largest absolute Gasteiger partial charge is 0.370 e. The molecule has 3 aliphatic rings. The minimum atomic E-state index is -3.19. The summed E-state index contributed by atoms with van der Waals surface area (Å²) < 4.78 is 60.3. The standard InChI is InChI=1S/C21H31F2N3O3S/c1-13(2)12-30(27,28)26-9-14-7-25(8-15(14)10-26)17-6-20(24)21(29-11-17)18-5-16(22)3-4-19(18)23/h3-5,13-15,17,20-21H,6-12,24H2,1-2H3/t14?,15?,17-,20+,21-/m1/s1. The van der Waals surface area contributed by atoms with Gasteiger partial charge in [0, 0.05) is 43.8 Å². The van der Waals surface area contributed by atoms with Crippen LogP contribution in [0.2, 0.25) is 0 Å². The molecule has 2 N–H and O–H groups in total. The lowest BCUT2D eigenvalue weighted by atomic mass is 9.93. The van der Waals surface area contributed by atoms with Gasteiger partial charge < -0.3 is 10.5 Å². The van der Waals surface area contributed by atoms with Crippen LogP contribution >= 0.6 is 0 Å². The molecule has 4 rings (SSSR count). The molecular formula is C21H31F2N3O3S. The van der Waals surface area contributed by atoms with Gasteiger partial charge >= 0.3 is 0 Å². The molecule has 0 aromatic heterocycles. The number of sulfonamides is 1. The quantitative estimate of drug-likeness (QED) is 0.753. The van der Waals surface area contributed by atoms with E-state index in [0.29, 0.717) is 38.0 Å². The number of ether oxygens (including phenoxy) is 1. The van der Waals surface area contributed by atoms with Crippen molar-refractivity contribution in [2.75, 3.05) is 38.5 Å². The van der Waals surface area contributed by atoms with Crippen LogP contribution < -0.4 is 5.73 Å². The number of fused-ring (bicyclic) bond motifs is 1. The second kappa shape index (κ2) is 8.43. The van der Waals surface area contributed by atoms with Crippen LogP contribution in [0.5, 0.6) is 0 Å². The van der Waals surface area contributed by atoms with Gasteiger partial charge in [-0.15, -0.1) is 0 Å². The van der Waals surface area contributed by atoms with Crippen molar-refractivity contribution in [2.45, 2.75) is 38.5 Å². The molecule has 3 saturated heterocycles. The first-order valence-corrected chi connectivity index (χ1v) is 12.3. The molecule has 2 unspecified atom stereocenters. The van der Waals surface area contributed by atoms with Gasteiger partial charge in [0.25, 0.3) is 0 Å². The van der Waals surface area contributed by atoms with E-state index in [1.165, 1.54) is 0 Å². The maximum atomic E-state index is 14.1. The first kappa shape index (κ1) is 22.1. The summed E-state index contributed by atoms with van der Waals surface area (Å²) in [6.07, 6.45) is -0.0224. The van der Waals surface area contributed by atoms with Crippen LogP contribution in [0, 0.1) is 29.4 Å². The highest BCUT2D eigenvalue weighted by atomic mass is 32.2. The van der Waals surface area contributed by atoms with Gasteiger partial charge in [0.2, 0.25) is 10.0 Å². The lowest BCUT2D eigenvalue weighted by Gasteiger charge is -2.39. The maximum absolute atomic E-state index is 14.1. The molecule has 9 heteroatoms. The van der Waals surface area contributed by atoms with E-state index < -0.39 is 33.8 Å². The van der Waals surface area contributed by atoms with Crippen LogP contribution in [0.15, 0.2) is 18.2 Å². The second-order valence-electron chi connectivity index (χ2n) is 9.44. The van der Waals surface area contributed by atoms with E-state index in [0.717, 1.165) is 31.3 Å². The first-order valence-electron chi connectivity index (χ1n) is 10.7. The lowest BCUT2D eigenvalue weighted by Crippen LogP contribution is -2.49. The maximum Gasteiger partial charge on any atom is 0.214 e. The van der Waals surface area contributed by atoms with E-state index >= 15 is 0 Å². The van der Waals surface area contributed by atoms with Crippen molar-refractivity contribution in [2.24, 2.45) is 23.5 Å². The molecule has 168 valence electrons. The number of halogens is 2. The van der Waals surface area contributed by atoms with Gasteiger partial charge in [-0.2, -0.15) is 0 Å². The van der Waals surface area contributed by atoms with Crippen LogP contribution in [0.4, 0.5) is 8.78 Å². The molecular weight excluding hydrogens is 412 g/mol. The van der Waals surface area contributed by atoms with E-state index in [9.17, 15) is 17.2 Å². The molecule has 30 heavy (non-hydrogen) atoms. The third-order valence-electron chi connectivity index (χ3n) is 6.60. The molecule has 0 saturated carbocycles. The lowest BCUT2D eigenvalue weighted by molar-refractivity contribution is -0.0485. The normalized spacial score (nSPS) is 33.3. The van der Waals surface area contributed by atoms with E-state index in [2.05, 4.69) is 4.90 Å². The zero-order chi connectivity index (χ0) is 21.6. The monoisotopic (exact) mass is 443 g/mol. The molecule has 1 aromatic carbocycles. The molecule has 0 spiro atoms. The number of likely N-dealkylation sites (tertiary alicyclic amines) is 1. The first-order chi connectivity index (χ1) is 14.1. The van der Waals surface area contributed by atoms with Gasteiger partial charge in [-0.25, -0.2) is 21.5 Å². The highest BCUT2D eigenvalue weighted by Gasteiger charge is 2.46. The summed E-state index contributed by atoms with van der Waals surface area (Å²) >= 11 is 0. The van der Waals surface area contributed by atoms with Crippen LogP contribution in [-0.2, 0) is 14.8 Å². The van der Waals surface area contributed by atoms with Gasteiger partial charge in [-0.1, -0.05) is 13.8 Å². The Bertz CT molecular complexity index is 868. The minimum absolute atomic E-state index is 0.110. The van der Waals surface area contributed by atoms with Crippen molar-refractivity contribution in [1.29, 1.82) is 0 Å². The predicted molar refractivity (Wildman–Crippen MR) is 110 cm³/mol. The van der Waals surface area contributed by atoms with Gasteiger partial charge in [0.1, 0.15) is 17.7 Å². The van der Waals surface area contributed by atoms with Crippen molar-refractivity contribution in [3.8, 4) is 0 Å². The number of nitrogens with two attached hydrogens (primary N) is 1. The van der Waals surface area contributed by atoms with Crippen LogP contribution in [0.25, 0.3) is 0 Å². The average Bonchev–Trinajstić information content (AvgIpc) is 3.22. The fraction of sp³-hybridized carbons (Fsp3) is 0.714. The van der Waals surface area contributed by atoms with Crippen LogP contribution in [-0.4, -0.2) is 68.2 Å². The second-order valence-corrected chi connectivity index (χ2v) is 11.5. The Labute approximate surface area is 177 Å². The molecule has 5 atom stereocenters. The Kier molecular flexibility index (Phi) is 6.20. The molecule has 3 fully saturated rings. The SMILES string of the molecule is CC(C)CS(=O)(=O)N1CC2CN([C@H]3CO[C@H](c4cc(F)ccc4F)[C@@H](N)C3)CC2C1. The molecule has 3 heterocycles. The number of hydrogen-bond donors (Lipinski definition) is 1. The van der Waals surface area contributed by atoms with Crippen molar-refractivity contribution in [3.63, 3.8) is 0 Å². The Morgan fingerprint density at radius 1 is 1.17 bits per heavy atom. The molecule has 0 bridgehead atoms. The van der Waals surface area contributed by atoms with Crippen molar-refractivity contribution < 1.29 is 21.9 Å². The van der Waals surface area contributed by atoms with E-state index in [1.807, 2.05) is 13.8 Å². The highest BCUT2D eigenvalue weighted by Crippen LogP contribution is 2.37. The number of rotatable bonds is 5. The van der Waals surface area contributed by atoms with Gasteiger partial charge in [0.15, 0.2) is 0 Å². The van der Waals surface area contributed by atoms with Crippen molar-refractivity contribution in [1.82, 2.24) is 9.21 Å². The topological polar surface area (TPSA) is 75.9 Å². The Morgan fingerprint density at radius 2 is 1.83 bits per heavy atom. The van der Waals surface area contributed by atoms with Crippen molar-refractivity contribution >= 4 is 10.0 Å². The van der Waals surface area contributed by atoms with E-state index in [-0.39, 0.29) is 23.3 Å². The summed E-state index contributed by atoms with van der Waals surface area (Å²) in [6.45, 7) is 7.04. The van der Waals surface area contributed by atoms with Gasteiger partial charge in [0.05, 0.1) is 12.4 Å². The van der Waals surface area contributed by atoms with Crippen LogP contribution in [0.1, 0.15) is 31.9 Å². The van der Waals surface area contributed by atoms with E-state index in [1.54, 1.807) is 4.31 Å². The van der Waals surface area contributed by atoms with Crippen LogP contribution in [0.3, 0.4) is 0 Å². The Balaban J connectivity index is 1.35. The molecule has 0 radical (unpaired) electrons. The molecule has 0 aliphatic carbocycles. The number of hydrogen-bond acceptors (Lipinski definition) is 5. The smallest absolute Gasteiger partial charge is 0.214 e. The van der Waals surface area contributed by atoms with Gasteiger partial charge in [-0.3, -0.25) is 4.90 Å². The summed E-state index contributed by atoms with van der Waals surface area (Å²) in [4.78, 5) is 2.33. The Hall–Kier alpha value is -1.13. The Morgan fingerprint density at radius 3 is 2.43 bits per heavy atom. The zero-order valence-corrected chi connectivity index (χ0v) is 18.3. The fourth-order valence-corrected chi connectivity index (χ4v) is 7.08. The predicted octanol–water partition coefficient (Wildman–Crippen LogP) is 1.97. The molecule has 1 aromatic rings. The molecule has 3 aliphatic heterocycles. The third-order valence-corrected chi connectivity index (χ3v) is 8.77. The van der Waals surface area contributed by atoms with Gasteiger partial charge in [-0.05, 0) is 42.4 Å². The summed E-state index contributed by atoms with van der Waals surface area (Å²) in [6, 6.07) is 3.03. The zero-order valence-electron chi connectivity index (χ0n) is 17.5. The average molecular weight is 444 g/mol. The van der Waals surface area contributed by atoms with Crippen molar-refractivity contribution in [3.05, 3.63) is 35.4 Å². The summed E-state index contributed by atoms with van der Waals surface area (Å²) in [5.41, 5.74) is 6.47. The number of benzene rings is 1. The minimum Gasteiger partial charge on any atom is -0.370 e. The summed E-state index contributed by atoms with van der Waals surface area (Å²) in [5.74, 6) is -0.0615. The van der Waals surface area contributed by atoms with E-state index in [4.69, 9.17) is 10.5 Å². The third kappa shape index (κ3) is 4.41. The summed E-state index contributed by atoms with van der Waals surface area (Å²) in [7, 11) is -3.19. The summed E-state index contributed by atoms with van der Waals surface area (Å²) in [5, 5.41) is 0.